The zero-order chi connectivity index (χ0) is 35.3. The molecule has 260 valence electrons. The van der Waals surface area contributed by atoms with E-state index in [9.17, 15) is 28.2 Å². The number of nitrogens with one attached hydrogen (secondary N) is 2. The molecule has 0 saturated heterocycles. The minimum atomic E-state index is -4.79. The number of nitrogens with zero attached hydrogens (tertiary/aromatic N) is 4. The highest BCUT2D eigenvalue weighted by Gasteiger charge is 2.31. The third kappa shape index (κ3) is 8.30. The van der Waals surface area contributed by atoms with Crippen molar-refractivity contribution in [3.05, 3.63) is 108 Å². The van der Waals surface area contributed by atoms with Crippen LogP contribution in [0.25, 0.3) is 33.3 Å². The molecule has 0 radical (unpaired) electrons. The number of rotatable bonds is 15. The van der Waals surface area contributed by atoms with Gasteiger partial charge in [0.05, 0.1) is 36.0 Å². The lowest BCUT2D eigenvalue weighted by Crippen LogP contribution is -2.29. The normalized spacial score (nSPS) is 12.4. The molecular weight excluding hydrogens is 649 g/mol. The Morgan fingerprint density at radius 1 is 0.960 bits per heavy atom. The number of carbonyl (C=O) groups is 1. The summed E-state index contributed by atoms with van der Waals surface area (Å²) < 4.78 is 44.4. The molecule has 0 amide bonds. The first kappa shape index (κ1) is 34.6. The average molecular weight is 687 g/mol. The number of ketones is 1. The largest absolute Gasteiger partial charge is 0.573 e. The van der Waals surface area contributed by atoms with Gasteiger partial charge in [-0.1, -0.05) is 24.3 Å². The van der Waals surface area contributed by atoms with Gasteiger partial charge in [-0.3, -0.25) is 9.89 Å². The lowest BCUT2D eigenvalue weighted by atomic mass is 10.0. The number of carbonyl (C=O) groups excluding carboxylic acids is 1. The molecule has 10 nitrogen and oxygen atoms in total. The van der Waals surface area contributed by atoms with Gasteiger partial charge in [0.15, 0.2) is 0 Å². The zero-order valence-electron chi connectivity index (χ0n) is 27.3. The van der Waals surface area contributed by atoms with Gasteiger partial charge >= 0.3 is 6.36 Å². The van der Waals surface area contributed by atoms with Crippen LogP contribution in [0.3, 0.4) is 0 Å². The van der Waals surface area contributed by atoms with Crippen molar-refractivity contribution in [2.75, 3.05) is 31.2 Å². The van der Waals surface area contributed by atoms with E-state index in [0.717, 1.165) is 44.4 Å². The second-order valence-electron chi connectivity index (χ2n) is 12.1. The lowest BCUT2D eigenvalue weighted by molar-refractivity contribution is -0.274. The molecule has 4 N–H and O–H groups in total. The molecule has 0 aliphatic carbocycles. The summed E-state index contributed by atoms with van der Waals surface area (Å²) >= 11 is 0. The number of hydrogen-bond donors (Lipinski definition) is 4. The Morgan fingerprint density at radius 2 is 1.68 bits per heavy atom. The van der Waals surface area contributed by atoms with E-state index in [0.29, 0.717) is 37.5 Å². The third-order valence-corrected chi connectivity index (χ3v) is 8.45. The summed E-state index contributed by atoms with van der Waals surface area (Å²) in [6.07, 6.45) is -2.74. The molecular formula is C37H37F3N6O4. The van der Waals surface area contributed by atoms with Crippen molar-refractivity contribution in [2.24, 2.45) is 0 Å². The van der Waals surface area contributed by atoms with Crippen LogP contribution in [0.1, 0.15) is 36.1 Å². The van der Waals surface area contributed by atoms with Crippen LogP contribution in [-0.4, -0.2) is 68.4 Å². The standard InChI is InChI=1S/C37H37F3N6O4/c1-24(49)18-33(41-21-26-4-12-32-29(19-26)22-42-44-32)28-7-13-35-34(20-28)43-36(27-5-8-30(9-6-27)45(14-16-47)15-17-48)46(35)23-25-2-10-31(11-3-25)50-37(38,39)40/h2-13,19-20,22,33,41,47-48H,14-18,21,23H2,1H3,(H,42,44). The second-order valence-corrected chi connectivity index (χ2v) is 12.1. The first-order valence-corrected chi connectivity index (χ1v) is 16.2. The Bertz CT molecular complexity index is 2050. The van der Waals surface area contributed by atoms with Crippen LogP contribution >= 0.6 is 0 Å². The van der Waals surface area contributed by atoms with E-state index < -0.39 is 6.36 Å². The number of hydrogen-bond acceptors (Lipinski definition) is 8. The highest BCUT2D eigenvalue weighted by molar-refractivity contribution is 5.83. The van der Waals surface area contributed by atoms with Gasteiger partial charge in [-0.15, -0.1) is 13.2 Å². The summed E-state index contributed by atoms with van der Waals surface area (Å²) in [5.74, 6) is 0.370. The van der Waals surface area contributed by atoms with Crippen molar-refractivity contribution in [1.29, 1.82) is 0 Å². The molecule has 0 spiro atoms. The van der Waals surface area contributed by atoms with Crippen LogP contribution in [-0.2, 0) is 17.9 Å². The number of Topliss-reactive ketones (excluding diaryl/α,β-unsaturated/α-hetero) is 1. The van der Waals surface area contributed by atoms with E-state index in [4.69, 9.17) is 4.98 Å². The fourth-order valence-corrected chi connectivity index (χ4v) is 6.09. The number of aliphatic hydroxyl groups is 2. The molecule has 0 aliphatic heterocycles. The first-order valence-electron chi connectivity index (χ1n) is 16.2. The minimum absolute atomic E-state index is 0.0357. The van der Waals surface area contributed by atoms with E-state index in [2.05, 4.69) is 20.3 Å². The summed E-state index contributed by atoms with van der Waals surface area (Å²) in [4.78, 5) is 19.3. The minimum Gasteiger partial charge on any atom is -0.406 e. The number of halogens is 3. The smallest absolute Gasteiger partial charge is 0.406 e. The molecule has 2 heterocycles. The molecule has 50 heavy (non-hydrogen) atoms. The van der Waals surface area contributed by atoms with Crippen molar-refractivity contribution in [1.82, 2.24) is 25.1 Å². The van der Waals surface area contributed by atoms with Gasteiger partial charge in [-0.25, -0.2) is 4.98 Å². The van der Waals surface area contributed by atoms with Gasteiger partial charge in [-0.2, -0.15) is 5.10 Å². The number of ether oxygens (including phenoxy) is 1. The Kier molecular flexibility index (Phi) is 10.5. The molecule has 1 atom stereocenters. The van der Waals surface area contributed by atoms with E-state index in [1.165, 1.54) is 12.1 Å². The van der Waals surface area contributed by atoms with E-state index in [-0.39, 0.29) is 37.2 Å². The Labute approximate surface area is 286 Å². The number of imidazole rings is 1. The quantitative estimate of drug-likeness (QED) is 0.102. The molecule has 13 heteroatoms. The van der Waals surface area contributed by atoms with Gasteiger partial charge in [0.1, 0.15) is 17.4 Å². The SMILES string of the molecule is CC(=O)CC(NCc1ccc2[nH]ncc2c1)c1ccc2c(c1)nc(-c1ccc(N(CCO)CCO)cc1)n2Cc1ccc(OC(F)(F)F)cc1. The van der Waals surface area contributed by atoms with Gasteiger partial charge in [0.2, 0.25) is 0 Å². The average Bonchev–Trinajstić information content (AvgIpc) is 3.71. The summed E-state index contributed by atoms with van der Waals surface area (Å²) in [7, 11) is 0. The number of aromatic amines is 1. The van der Waals surface area contributed by atoms with Crippen molar-refractivity contribution < 1.29 is 32.9 Å². The summed E-state index contributed by atoms with van der Waals surface area (Å²) in [6, 6.07) is 25.0. The van der Waals surface area contributed by atoms with E-state index >= 15 is 0 Å². The van der Waals surface area contributed by atoms with Crippen LogP contribution in [0, 0.1) is 0 Å². The van der Waals surface area contributed by atoms with Crippen LogP contribution in [0.15, 0.2) is 91.1 Å². The molecule has 0 fully saturated rings. The molecule has 1 unspecified atom stereocenters. The van der Waals surface area contributed by atoms with Crippen molar-refractivity contribution in [3.8, 4) is 17.1 Å². The maximum absolute atomic E-state index is 12.8. The lowest BCUT2D eigenvalue weighted by Gasteiger charge is -2.23. The monoisotopic (exact) mass is 686 g/mol. The van der Waals surface area contributed by atoms with Crippen molar-refractivity contribution in [3.63, 3.8) is 0 Å². The maximum Gasteiger partial charge on any atom is 0.573 e. The second kappa shape index (κ2) is 15.1. The van der Waals surface area contributed by atoms with Gasteiger partial charge in [-0.05, 0) is 84.3 Å². The summed E-state index contributed by atoms with van der Waals surface area (Å²) in [5, 5.41) is 30.6. The fraction of sp³-hybridized carbons (Fsp3) is 0.270. The van der Waals surface area contributed by atoms with Crippen LogP contribution in [0.2, 0.25) is 0 Å². The van der Waals surface area contributed by atoms with E-state index in [1.807, 2.05) is 70.1 Å². The summed E-state index contributed by atoms with van der Waals surface area (Å²) in [5.41, 5.74) is 6.74. The zero-order valence-corrected chi connectivity index (χ0v) is 27.3. The molecule has 6 rings (SSSR count). The number of fused-ring (bicyclic) bond motifs is 2. The predicted molar refractivity (Wildman–Crippen MR) is 185 cm³/mol. The molecule has 0 aliphatic rings. The number of alkyl halides is 3. The molecule has 0 bridgehead atoms. The van der Waals surface area contributed by atoms with Crippen LogP contribution < -0.4 is 15.0 Å². The van der Waals surface area contributed by atoms with Gasteiger partial charge in [0.25, 0.3) is 0 Å². The van der Waals surface area contributed by atoms with Crippen LogP contribution in [0.5, 0.6) is 5.75 Å². The number of benzene rings is 4. The fourth-order valence-electron chi connectivity index (χ4n) is 6.09. The third-order valence-electron chi connectivity index (χ3n) is 8.45. The van der Waals surface area contributed by atoms with E-state index in [1.54, 1.807) is 25.3 Å². The first-order chi connectivity index (χ1) is 24.1. The van der Waals surface area contributed by atoms with Crippen molar-refractivity contribution in [2.45, 2.75) is 38.8 Å². The topological polar surface area (TPSA) is 129 Å². The summed E-state index contributed by atoms with van der Waals surface area (Å²) in [6.45, 7) is 3.00. The Morgan fingerprint density at radius 3 is 2.36 bits per heavy atom. The molecule has 4 aromatic carbocycles. The van der Waals surface area contributed by atoms with Crippen LogP contribution in [0.4, 0.5) is 18.9 Å². The van der Waals surface area contributed by atoms with Gasteiger partial charge < -0.3 is 29.7 Å². The molecule has 6 aromatic rings. The molecule has 2 aromatic heterocycles. The Hall–Kier alpha value is -5.24. The number of H-pyrrole nitrogens is 1. The maximum atomic E-state index is 12.8. The predicted octanol–water partition coefficient (Wildman–Crippen LogP) is 6.13. The highest BCUT2D eigenvalue weighted by atomic mass is 19.4. The Balaban J connectivity index is 1.34. The number of anilines is 1. The number of aromatic nitrogens is 4. The van der Waals surface area contributed by atoms with Gasteiger partial charge in [0, 0.05) is 55.3 Å². The molecule has 0 saturated carbocycles. The number of aliphatic hydroxyl groups excluding tert-OH is 2. The highest BCUT2D eigenvalue weighted by Crippen LogP contribution is 2.31. The van der Waals surface area contributed by atoms with Crippen molar-refractivity contribution >= 4 is 33.4 Å².